The maximum absolute atomic E-state index is 4.15. The molecule has 1 atom stereocenters. The number of allylic oxidation sites excluding steroid dienone is 1. The van der Waals surface area contributed by atoms with Gasteiger partial charge in [-0.25, -0.2) is 0 Å². The summed E-state index contributed by atoms with van der Waals surface area (Å²) >= 11 is 0. The Labute approximate surface area is 63.3 Å². The molecule has 2 saturated carbocycles. The summed E-state index contributed by atoms with van der Waals surface area (Å²) in [6, 6.07) is 0. The molecule has 0 nitrogen and oxygen atoms in total. The maximum atomic E-state index is 4.15. The highest BCUT2D eigenvalue weighted by Gasteiger charge is 2.47. The second-order valence-corrected chi connectivity index (χ2v) is 4.24. The van der Waals surface area contributed by atoms with Gasteiger partial charge in [0.2, 0.25) is 0 Å². The van der Waals surface area contributed by atoms with Crippen molar-refractivity contribution in [3.63, 3.8) is 0 Å². The summed E-state index contributed by atoms with van der Waals surface area (Å²) in [6.45, 7) is 8.83. The molecule has 0 aromatic rings. The minimum atomic E-state index is 0.438. The molecule has 0 amide bonds. The van der Waals surface area contributed by atoms with Gasteiger partial charge in [-0.3, -0.25) is 0 Å². The van der Waals surface area contributed by atoms with Crippen molar-refractivity contribution in [1.82, 2.24) is 0 Å². The first-order valence-corrected chi connectivity index (χ1v) is 4.17. The van der Waals surface area contributed by atoms with Crippen LogP contribution in [0.4, 0.5) is 0 Å². The van der Waals surface area contributed by atoms with Crippen molar-refractivity contribution in [2.75, 3.05) is 0 Å². The molecule has 1 radical (unpaired) electrons. The molecule has 2 aliphatic carbocycles. The lowest BCUT2D eigenvalue weighted by atomic mass is 9.73. The van der Waals surface area contributed by atoms with Gasteiger partial charge in [0.1, 0.15) is 0 Å². The predicted octanol–water partition coefficient (Wildman–Crippen LogP) is 2.96. The Morgan fingerprint density at radius 3 is 2.50 bits per heavy atom. The standard InChI is InChI=1S/C10H15/c1-7-8-4-5-9(6-8)10(7,2)3/h9H,1,4-6H2,2-3H3. The largest absolute Gasteiger partial charge is 0.0987 e. The molecule has 0 heterocycles. The zero-order valence-electron chi connectivity index (χ0n) is 6.91. The fourth-order valence-corrected chi connectivity index (χ4v) is 2.44. The first-order chi connectivity index (χ1) is 4.62. The van der Waals surface area contributed by atoms with Crippen LogP contribution in [0.1, 0.15) is 33.1 Å². The Bertz CT molecular complexity index is 176. The summed E-state index contributed by atoms with van der Waals surface area (Å²) in [7, 11) is 0. The first kappa shape index (κ1) is 6.45. The van der Waals surface area contributed by atoms with E-state index in [2.05, 4.69) is 20.4 Å². The smallest absolute Gasteiger partial charge is 0.00115 e. The van der Waals surface area contributed by atoms with Crippen LogP contribution in [-0.2, 0) is 0 Å². The third kappa shape index (κ3) is 0.574. The van der Waals surface area contributed by atoms with Crippen LogP contribution in [0.15, 0.2) is 12.2 Å². The van der Waals surface area contributed by atoms with Gasteiger partial charge in [-0.15, -0.1) is 0 Å². The average Bonchev–Trinajstić information content (AvgIpc) is 2.37. The molecule has 2 fully saturated rings. The number of hydrogen-bond donors (Lipinski definition) is 0. The van der Waals surface area contributed by atoms with E-state index in [0.29, 0.717) is 5.41 Å². The van der Waals surface area contributed by atoms with Crippen molar-refractivity contribution in [2.45, 2.75) is 33.1 Å². The lowest BCUT2D eigenvalue weighted by molar-refractivity contribution is 0.294. The topological polar surface area (TPSA) is 0 Å². The van der Waals surface area contributed by atoms with Crippen LogP contribution in [0, 0.1) is 17.3 Å². The minimum absolute atomic E-state index is 0.438. The molecule has 55 valence electrons. The van der Waals surface area contributed by atoms with Crippen LogP contribution in [0.5, 0.6) is 0 Å². The van der Waals surface area contributed by atoms with E-state index in [9.17, 15) is 0 Å². The Morgan fingerprint density at radius 1 is 1.50 bits per heavy atom. The van der Waals surface area contributed by atoms with Crippen LogP contribution in [0.2, 0.25) is 0 Å². The first-order valence-electron chi connectivity index (χ1n) is 4.17. The van der Waals surface area contributed by atoms with Gasteiger partial charge in [0.25, 0.3) is 0 Å². The molecular weight excluding hydrogens is 120 g/mol. The highest BCUT2D eigenvalue weighted by Crippen LogP contribution is 2.59. The molecule has 2 aliphatic rings. The van der Waals surface area contributed by atoms with Gasteiger partial charge in [0.15, 0.2) is 0 Å². The molecule has 0 saturated heterocycles. The van der Waals surface area contributed by atoms with Crippen LogP contribution in [0.3, 0.4) is 0 Å². The number of rotatable bonds is 0. The fourth-order valence-electron chi connectivity index (χ4n) is 2.44. The number of fused-ring (bicyclic) bond motifs is 2. The zero-order valence-corrected chi connectivity index (χ0v) is 6.91. The summed E-state index contributed by atoms with van der Waals surface area (Å²) in [5.74, 6) is 2.59. The van der Waals surface area contributed by atoms with Gasteiger partial charge < -0.3 is 0 Å². The van der Waals surface area contributed by atoms with E-state index < -0.39 is 0 Å². The van der Waals surface area contributed by atoms with Gasteiger partial charge in [-0.05, 0) is 30.6 Å². The Hall–Kier alpha value is -0.260. The highest BCUT2D eigenvalue weighted by atomic mass is 14.5. The van der Waals surface area contributed by atoms with E-state index in [1.165, 1.54) is 24.8 Å². The van der Waals surface area contributed by atoms with Crippen molar-refractivity contribution in [1.29, 1.82) is 0 Å². The Kier molecular flexibility index (Phi) is 1.07. The van der Waals surface area contributed by atoms with Crippen LogP contribution in [-0.4, -0.2) is 0 Å². The molecule has 0 aromatic heterocycles. The molecule has 2 bridgehead atoms. The molecule has 0 N–H and O–H groups in total. The third-order valence-electron chi connectivity index (χ3n) is 3.51. The lowest BCUT2D eigenvalue weighted by Gasteiger charge is -2.31. The summed E-state index contributed by atoms with van der Waals surface area (Å²) in [6.07, 6.45) is 4.11. The number of hydrogen-bond acceptors (Lipinski definition) is 0. The van der Waals surface area contributed by atoms with Gasteiger partial charge >= 0.3 is 0 Å². The molecule has 0 heteroatoms. The zero-order chi connectivity index (χ0) is 7.35. The van der Waals surface area contributed by atoms with E-state index in [4.69, 9.17) is 0 Å². The predicted molar refractivity (Wildman–Crippen MR) is 43.5 cm³/mol. The summed E-state index contributed by atoms with van der Waals surface area (Å²) in [4.78, 5) is 0. The van der Waals surface area contributed by atoms with E-state index in [0.717, 1.165) is 5.92 Å². The van der Waals surface area contributed by atoms with Crippen molar-refractivity contribution >= 4 is 0 Å². The van der Waals surface area contributed by atoms with Gasteiger partial charge in [-0.2, -0.15) is 0 Å². The Morgan fingerprint density at radius 2 is 2.20 bits per heavy atom. The molecular formula is C10H15. The van der Waals surface area contributed by atoms with Crippen molar-refractivity contribution in [3.05, 3.63) is 18.1 Å². The van der Waals surface area contributed by atoms with E-state index in [-0.39, 0.29) is 0 Å². The van der Waals surface area contributed by atoms with E-state index in [1.807, 2.05) is 0 Å². The third-order valence-corrected chi connectivity index (χ3v) is 3.51. The van der Waals surface area contributed by atoms with Gasteiger partial charge in [0.05, 0.1) is 0 Å². The maximum Gasteiger partial charge on any atom is 0.00115 e. The van der Waals surface area contributed by atoms with E-state index in [1.54, 1.807) is 5.92 Å². The molecule has 0 aromatic carbocycles. The molecule has 0 aliphatic heterocycles. The second-order valence-electron chi connectivity index (χ2n) is 4.24. The molecule has 10 heavy (non-hydrogen) atoms. The van der Waals surface area contributed by atoms with Crippen LogP contribution >= 0.6 is 0 Å². The quantitative estimate of drug-likeness (QED) is 0.479. The summed E-state index contributed by atoms with van der Waals surface area (Å²) < 4.78 is 0. The van der Waals surface area contributed by atoms with Crippen molar-refractivity contribution < 1.29 is 0 Å². The molecule has 2 rings (SSSR count). The average molecular weight is 135 g/mol. The normalized spacial score (nSPS) is 37.4. The second kappa shape index (κ2) is 1.66. The fraction of sp³-hybridized carbons (Fsp3) is 0.700. The lowest BCUT2D eigenvalue weighted by Crippen LogP contribution is -2.21. The van der Waals surface area contributed by atoms with Crippen LogP contribution < -0.4 is 0 Å². The monoisotopic (exact) mass is 135 g/mol. The Balaban J connectivity index is 2.34. The summed E-state index contributed by atoms with van der Waals surface area (Å²) in [5.41, 5.74) is 1.89. The molecule has 1 unspecified atom stereocenters. The van der Waals surface area contributed by atoms with E-state index >= 15 is 0 Å². The van der Waals surface area contributed by atoms with Gasteiger partial charge in [-0.1, -0.05) is 26.0 Å². The van der Waals surface area contributed by atoms with Crippen LogP contribution in [0.25, 0.3) is 0 Å². The molecule has 0 spiro atoms. The summed E-state index contributed by atoms with van der Waals surface area (Å²) in [5, 5.41) is 0. The highest BCUT2D eigenvalue weighted by molar-refractivity contribution is 5.37. The van der Waals surface area contributed by atoms with Crippen molar-refractivity contribution in [3.8, 4) is 0 Å². The minimum Gasteiger partial charge on any atom is -0.0987 e. The van der Waals surface area contributed by atoms with Crippen molar-refractivity contribution in [2.24, 2.45) is 11.3 Å². The van der Waals surface area contributed by atoms with Gasteiger partial charge in [0, 0.05) is 5.92 Å². The SMILES string of the molecule is C=C1[C]2CCC(C2)C1(C)C.